The number of thioether (sulfide) groups is 1. The summed E-state index contributed by atoms with van der Waals surface area (Å²) in [5, 5.41) is 4.37. The number of oxime groups is 1. The van der Waals surface area contributed by atoms with Crippen LogP contribution < -0.4 is 4.90 Å². The molecule has 0 N–H and O–H groups in total. The summed E-state index contributed by atoms with van der Waals surface area (Å²) < 4.78 is 19.8. The van der Waals surface area contributed by atoms with Gasteiger partial charge in [-0.25, -0.2) is 9.18 Å². The van der Waals surface area contributed by atoms with E-state index in [2.05, 4.69) is 10.1 Å². The van der Waals surface area contributed by atoms with Crippen LogP contribution in [0.3, 0.4) is 0 Å². The first-order valence-corrected chi connectivity index (χ1v) is 11.8. The zero-order chi connectivity index (χ0) is 21.7. The lowest BCUT2D eigenvalue weighted by Gasteiger charge is -2.33. The minimum absolute atomic E-state index is 0.0192. The first-order valence-electron chi connectivity index (χ1n) is 10.5. The SMILES string of the molecule is CSc1ccc(N2CCC(=NOC3CCN(C(=O)OC(C)(C)C)CC3)CC2)c(F)c1. The molecule has 2 aliphatic rings. The lowest BCUT2D eigenvalue weighted by atomic mass is 10.1. The Morgan fingerprint density at radius 2 is 1.83 bits per heavy atom. The summed E-state index contributed by atoms with van der Waals surface area (Å²) in [6, 6.07) is 5.41. The van der Waals surface area contributed by atoms with Crippen LogP contribution in [0.15, 0.2) is 28.3 Å². The number of carbonyl (C=O) groups is 1. The van der Waals surface area contributed by atoms with Gasteiger partial charge in [-0.15, -0.1) is 11.8 Å². The third-order valence-corrected chi connectivity index (χ3v) is 5.99. The second kappa shape index (κ2) is 9.90. The van der Waals surface area contributed by atoms with Crippen LogP contribution in [0.5, 0.6) is 0 Å². The molecule has 2 aliphatic heterocycles. The molecule has 8 heteroatoms. The normalized spacial score (nSPS) is 18.4. The van der Waals surface area contributed by atoms with Gasteiger partial charge in [-0.05, 0) is 45.2 Å². The predicted molar refractivity (Wildman–Crippen MR) is 119 cm³/mol. The smallest absolute Gasteiger partial charge is 0.410 e. The van der Waals surface area contributed by atoms with E-state index >= 15 is 0 Å². The number of amides is 1. The number of hydrogen-bond acceptors (Lipinski definition) is 6. The third kappa shape index (κ3) is 6.27. The maximum atomic E-state index is 14.3. The van der Waals surface area contributed by atoms with Crippen molar-refractivity contribution in [2.24, 2.45) is 5.16 Å². The van der Waals surface area contributed by atoms with Crippen LogP contribution >= 0.6 is 11.8 Å². The molecule has 1 aromatic rings. The first-order chi connectivity index (χ1) is 14.2. The second-order valence-corrected chi connectivity index (χ2v) is 9.61. The van der Waals surface area contributed by atoms with Crippen molar-refractivity contribution >= 4 is 29.3 Å². The first kappa shape index (κ1) is 22.7. The molecule has 0 saturated carbocycles. The molecule has 2 saturated heterocycles. The molecule has 0 atom stereocenters. The molecule has 0 unspecified atom stereocenters. The van der Waals surface area contributed by atoms with Crippen LogP contribution in [0.25, 0.3) is 0 Å². The van der Waals surface area contributed by atoms with Crippen molar-refractivity contribution < 1.29 is 18.8 Å². The Bertz CT molecular complexity index is 763. The molecule has 3 rings (SSSR count). The van der Waals surface area contributed by atoms with Crippen molar-refractivity contribution in [3.05, 3.63) is 24.0 Å². The second-order valence-electron chi connectivity index (χ2n) is 8.73. The molecule has 2 fully saturated rings. The summed E-state index contributed by atoms with van der Waals surface area (Å²) >= 11 is 1.54. The van der Waals surface area contributed by atoms with Crippen LogP contribution in [0, 0.1) is 5.82 Å². The maximum Gasteiger partial charge on any atom is 0.410 e. The fourth-order valence-electron chi connectivity index (χ4n) is 3.59. The van der Waals surface area contributed by atoms with Crippen LogP contribution in [0.1, 0.15) is 46.5 Å². The van der Waals surface area contributed by atoms with Gasteiger partial charge in [-0.3, -0.25) is 0 Å². The van der Waals surface area contributed by atoms with E-state index in [1.54, 1.807) is 11.0 Å². The molecular formula is C22H32FN3O3S. The fraction of sp³-hybridized carbons (Fsp3) is 0.636. The van der Waals surface area contributed by atoms with Gasteiger partial charge in [0.2, 0.25) is 0 Å². The molecule has 30 heavy (non-hydrogen) atoms. The topological polar surface area (TPSA) is 54.4 Å². The summed E-state index contributed by atoms with van der Waals surface area (Å²) in [6.07, 6.45) is 4.72. The van der Waals surface area contributed by atoms with Crippen molar-refractivity contribution in [2.75, 3.05) is 37.3 Å². The van der Waals surface area contributed by atoms with Gasteiger partial charge in [0.25, 0.3) is 0 Å². The van der Waals surface area contributed by atoms with E-state index in [9.17, 15) is 9.18 Å². The van der Waals surface area contributed by atoms with Crippen LogP contribution in [-0.4, -0.2) is 60.8 Å². The molecule has 0 bridgehead atoms. The Morgan fingerprint density at radius 3 is 2.40 bits per heavy atom. The maximum absolute atomic E-state index is 14.3. The highest BCUT2D eigenvalue weighted by molar-refractivity contribution is 7.98. The van der Waals surface area contributed by atoms with Crippen LogP contribution in [-0.2, 0) is 9.57 Å². The number of hydrogen-bond donors (Lipinski definition) is 0. The monoisotopic (exact) mass is 437 g/mol. The van der Waals surface area contributed by atoms with Crippen molar-refractivity contribution in [1.29, 1.82) is 0 Å². The molecule has 2 heterocycles. The summed E-state index contributed by atoms with van der Waals surface area (Å²) in [5.41, 5.74) is 1.19. The van der Waals surface area contributed by atoms with Gasteiger partial charge in [-0.1, -0.05) is 5.16 Å². The number of benzene rings is 1. The van der Waals surface area contributed by atoms with Gasteiger partial charge in [0, 0.05) is 56.8 Å². The molecule has 166 valence electrons. The van der Waals surface area contributed by atoms with Crippen molar-refractivity contribution in [3.8, 4) is 0 Å². The fourth-order valence-corrected chi connectivity index (χ4v) is 4.01. The summed E-state index contributed by atoms with van der Waals surface area (Å²) in [7, 11) is 0. The van der Waals surface area contributed by atoms with E-state index in [-0.39, 0.29) is 18.0 Å². The number of ether oxygens (including phenoxy) is 1. The average molecular weight is 438 g/mol. The summed E-state index contributed by atoms with van der Waals surface area (Å²) in [5.74, 6) is -0.171. The van der Waals surface area contributed by atoms with Gasteiger partial charge in [0.05, 0.1) is 11.4 Å². The van der Waals surface area contributed by atoms with Gasteiger partial charge in [-0.2, -0.15) is 0 Å². The van der Waals surface area contributed by atoms with Gasteiger partial charge < -0.3 is 19.4 Å². The Hall–Kier alpha value is -1.96. The number of nitrogens with zero attached hydrogens (tertiary/aromatic N) is 3. The van der Waals surface area contributed by atoms with Crippen molar-refractivity contribution in [1.82, 2.24) is 4.90 Å². The highest BCUT2D eigenvalue weighted by atomic mass is 32.2. The average Bonchev–Trinajstić information content (AvgIpc) is 2.72. The number of halogens is 1. The standard InChI is InChI=1S/C22H32FN3O3S/c1-22(2,3)28-21(27)26-13-9-17(10-14-26)29-24-16-7-11-25(12-8-16)20-6-5-18(30-4)15-19(20)23/h5-6,15,17H,7-14H2,1-4H3. The minimum Gasteiger partial charge on any atom is -0.444 e. The number of carbonyl (C=O) groups excluding carboxylic acids is 1. The number of likely N-dealkylation sites (tertiary alicyclic amines) is 1. The van der Waals surface area contributed by atoms with Crippen molar-refractivity contribution in [3.63, 3.8) is 0 Å². The molecular weight excluding hydrogens is 405 g/mol. The van der Waals surface area contributed by atoms with E-state index in [1.807, 2.05) is 39.2 Å². The highest BCUT2D eigenvalue weighted by Crippen LogP contribution is 2.27. The Kier molecular flexibility index (Phi) is 7.50. The van der Waals surface area contributed by atoms with Gasteiger partial charge >= 0.3 is 6.09 Å². The van der Waals surface area contributed by atoms with E-state index in [0.717, 1.165) is 49.4 Å². The molecule has 1 amide bonds. The van der Waals surface area contributed by atoms with E-state index in [1.165, 1.54) is 11.8 Å². The Labute approximate surface area is 182 Å². The van der Waals surface area contributed by atoms with Crippen LogP contribution in [0.2, 0.25) is 0 Å². The summed E-state index contributed by atoms with van der Waals surface area (Å²) in [4.78, 5) is 22.6. The minimum atomic E-state index is -0.481. The Morgan fingerprint density at radius 1 is 1.17 bits per heavy atom. The van der Waals surface area contributed by atoms with Crippen LogP contribution in [0.4, 0.5) is 14.9 Å². The molecule has 0 radical (unpaired) electrons. The zero-order valence-electron chi connectivity index (χ0n) is 18.3. The van der Waals surface area contributed by atoms with Crippen molar-refractivity contribution in [2.45, 2.75) is 63.1 Å². The number of rotatable bonds is 4. The molecule has 0 aromatic heterocycles. The quantitative estimate of drug-likeness (QED) is 0.494. The molecule has 6 nitrogen and oxygen atoms in total. The van der Waals surface area contributed by atoms with Gasteiger partial charge in [0.15, 0.2) is 0 Å². The summed E-state index contributed by atoms with van der Waals surface area (Å²) in [6.45, 7) is 8.30. The molecule has 0 aliphatic carbocycles. The van der Waals surface area contributed by atoms with Gasteiger partial charge in [0.1, 0.15) is 17.5 Å². The molecule has 1 aromatic carbocycles. The number of piperidine rings is 2. The lowest BCUT2D eigenvalue weighted by Crippen LogP contribution is -2.43. The molecule has 0 spiro atoms. The zero-order valence-corrected chi connectivity index (χ0v) is 19.1. The highest BCUT2D eigenvalue weighted by Gasteiger charge is 2.28. The van der Waals surface area contributed by atoms with E-state index in [4.69, 9.17) is 9.57 Å². The predicted octanol–water partition coefficient (Wildman–Crippen LogP) is 4.92. The third-order valence-electron chi connectivity index (χ3n) is 5.26. The van der Waals surface area contributed by atoms with E-state index in [0.29, 0.717) is 18.8 Å². The number of anilines is 1. The lowest BCUT2D eigenvalue weighted by molar-refractivity contribution is -0.0102. The Balaban J connectivity index is 1.43. The largest absolute Gasteiger partial charge is 0.444 e. The van der Waals surface area contributed by atoms with E-state index < -0.39 is 5.60 Å².